The lowest BCUT2D eigenvalue weighted by Crippen LogP contribution is -2.16. The molecule has 0 aliphatic carbocycles. The second-order valence-electron chi connectivity index (χ2n) is 4.37. The van der Waals surface area contributed by atoms with Gasteiger partial charge in [0.2, 0.25) is 0 Å². The molecule has 0 amide bonds. The van der Waals surface area contributed by atoms with E-state index in [2.05, 4.69) is 5.32 Å². The summed E-state index contributed by atoms with van der Waals surface area (Å²) in [7, 11) is 1.91. The highest BCUT2D eigenvalue weighted by atomic mass is 19.1. The average Bonchev–Trinajstić information content (AvgIpc) is 2.44. The van der Waals surface area contributed by atoms with Crippen molar-refractivity contribution in [1.29, 1.82) is 0 Å². The number of nitrogens with one attached hydrogen (secondary N) is 1. The molecule has 3 heteroatoms. The molecule has 2 rings (SSSR count). The molecule has 0 aliphatic heterocycles. The fraction of sp³-hybridized carbons (Fsp3) is 0.250. The molecule has 0 radical (unpaired) electrons. The zero-order valence-corrected chi connectivity index (χ0v) is 11.0. The van der Waals surface area contributed by atoms with E-state index in [9.17, 15) is 4.39 Å². The van der Waals surface area contributed by atoms with Crippen molar-refractivity contribution in [2.24, 2.45) is 0 Å². The van der Waals surface area contributed by atoms with Gasteiger partial charge in [-0.3, -0.25) is 0 Å². The first-order valence-electron chi connectivity index (χ1n) is 6.41. The fourth-order valence-corrected chi connectivity index (χ4v) is 1.94. The largest absolute Gasteiger partial charge is 0.486 e. The van der Waals surface area contributed by atoms with Crippen molar-refractivity contribution in [1.82, 2.24) is 5.32 Å². The lowest BCUT2D eigenvalue weighted by molar-refractivity contribution is 0.194. The Morgan fingerprint density at radius 1 is 1.11 bits per heavy atom. The van der Waals surface area contributed by atoms with E-state index < -0.39 is 0 Å². The average molecular weight is 259 g/mol. The topological polar surface area (TPSA) is 21.3 Å². The molecule has 0 spiro atoms. The number of hydrogen-bond acceptors (Lipinski definition) is 2. The summed E-state index contributed by atoms with van der Waals surface area (Å²) in [5.41, 5.74) is 1.10. The van der Waals surface area contributed by atoms with Crippen LogP contribution in [0.4, 0.5) is 4.39 Å². The van der Waals surface area contributed by atoms with Crippen LogP contribution < -0.4 is 10.1 Å². The maximum atomic E-state index is 13.2. The number of hydrogen-bond donors (Lipinski definition) is 1. The molecule has 0 saturated heterocycles. The maximum Gasteiger partial charge on any atom is 0.126 e. The Morgan fingerprint density at radius 3 is 2.58 bits per heavy atom. The van der Waals surface area contributed by atoms with Crippen LogP contribution in [0.1, 0.15) is 18.1 Å². The van der Waals surface area contributed by atoms with Gasteiger partial charge in [-0.2, -0.15) is 0 Å². The Balaban J connectivity index is 2.14. The van der Waals surface area contributed by atoms with Crippen molar-refractivity contribution in [3.05, 3.63) is 66.0 Å². The van der Waals surface area contributed by atoms with Crippen LogP contribution in [0.25, 0.3) is 0 Å². The van der Waals surface area contributed by atoms with E-state index in [1.807, 2.05) is 37.4 Å². The Morgan fingerprint density at radius 2 is 1.89 bits per heavy atom. The van der Waals surface area contributed by atoms with Gasteiger partial charge in [0.25, 0.3) is 0 Å². The summed E-state index contributed by atoms with van der Waals surface area (Å²) in [6, 6.07) is 16.3. The van der Waals surface area contributed by atoms with Crippen molar-refractivity contribution in [3.63, 3.8) is 0 Å². The normalized spacial score (nSPS) is 12.1. The number of halogens is 1. The first-order valence-corrected chi connectivity index (χ1v) is 6.41. The van der Waals surface area contributed by atoms with Crippen LogP contribution in [-0.4, -0.2) is 13.6 Å². The van der Waals surface area contributed by atoms with Gasteiger partial charge in [-0.05, 0) is 31.3 Å². The lowest BCUT2D eigenvalue weighted by Gasteiger charge is -2.19. The van der Waals surface area contributed by atoms with E-state index >= 15 is 0 Å². The number of benzene rings is 2. The third-order valence-electron chi connectivity index (χ3n) is 2.90. The second kappa shape index (κ2) is 6.90. The molecule has 19 heavy (non-hydrogen) atoms. The Kier molecular flexibility index (Phi) is 4.93. The molecular formula is C16H18FNO. The van der Waals surface area contributed by atoms with Gasteiger partial charge in [0.1, 0.15) is 17.7 Å². The maximum absolute atomic E-state index is 13.2. The highest BCUT2D eigenvalue weighted by Gasteiger charge is 2.12. The van der Waals surface area contributed by atoms with Gasteiger partial charge in [-0.15, -0.1) is 0 Å². The molecule has 0 bridgehead atoms. The van der Waals surface area contributed by atoms with Gasteiger partial charge in [0.15, 0.2) is 0 Å². The Labute approximate surface area is 113 Å². The Hall–Kier alpha value is -1.87. The highest BCUT2D eigenvalue weighted by Crippen LogP contribution is 2.24. The minimum Gasteiger partial charge on any atom is -0.486 e. The summed E-state index contributed by atoms with van der Waals surface area (Å²) in [4.78, 5) is 0. The van der Waals surface area contributed by atoms with E-state index in [4.69, 9.17) is 4.74 Å². The Bertz CT molecular complexity index is 501. The van der Waals surface area contributed by atoms with Crippen LogP contribution in [0.5, 0.6) is 5.75 Å². The zero-order valence-electron chi connectivity index (χ0n) is 11.0. The van der Waals surface area contributed by atoms with Gasteiger partial charge >= 0.3 is 0 Å². The SMILES string of the molecule is CNCC[C@H](Oc1cccc(F)c1)c1ccccc1. The van der Waals surface area contributed by atoms with Crippen LogP contribution in [0.15, 0.2) is 54.6 Å². The molecule has 0 fully saturated rings. The molecule has 1 N–H and O–H groups in total. The lowest BCUT2D eigenvalue weighted by atomic mass is 10.1. The van der Waals surface area contributed by atoms with Crippen molar-refractivity contribution in [2.75, 3.05) is 13.6 Å². The molecular weight excluding hydrogens is 241 g/mol. The molecule has 2 aromatic carbocycles. The van der Waals surface area contributed by atoms with Crippen molar-refractivity contribution in [2.45, 2.75) is 12.5 Å². The minimum absolute atomic E-state index is 0.0737. The second-order valence-corrected chi connectivity index (χ2v) is 4.37. The molecule has 2 aromatic rings. The fourth-order valence-electron chi connectivity index (χ4n) is 1.94. The molecule has 1 atom stereocenters. The molecule has 0 aromatic heterocycles. The third kappa shape index (κ3) is 4.07. The van der Waals surface area contributed by atoms with Gasteiger partial charge in [0, 0.05) is 12.5 Å². The number of ether oxygens (including phenoxy) is 1. The first kappa shape index (κ1) is 13.6. The van der Waals surface area contributed by atoms with E-state index in [-0.39, 0.29) is 11.9 Å². The van der Waals surface area contributed by atoms with E-state index in [0.29, 0.717) is 5.75 Å². The van der Waals surface area contributed by atoms with Crippen molar-refractivity contribution < 1.29 is 9.13 Å². The van der Waals surface area contributed by atoms with Crippen LogP contribution in [0, 0.1) is 5.82 Å². The highest BCUT2D eigenvalue weighted by molar-refractivity contribution is 5.25. The predicted molar refractivity (Wildman–Crippen MR) is 74.8 cm³/mol. The standard InChI is InChI=1S/C16H18FNO/c1-18-11-10-16(13-6-3-2-4-7-13)19-15-9-5-8-14(17)12-15/h2-9,12,16,18H,10-11H2,1H3/t16-/m0/s1. The van der Waals surface area contributed by atoms with Gasteiger partial charge < -0.3 is 10.1 Å². The molecule has 2 nitrogen and oxygen atoms in total. The van der Waals surface area contributed by atoms with Crippen molar-refractivity contribution >= 4 is 0 Å². The van der Waals surface area contributed by atoms with Crippen LogP contribution in [0.2, 0.25) is 0 Å². The quantitative estimate of drug-likeness (QED) is 0.856. The first-order chi connectivity index (χ1) is 9.29. The smallest absolute Gasteiger partial charge is 0.126 e. The summed E-state index contributed by atoms with van der Waals surface area (Å²) >= 11 is 0. The van der Waals surface area contributed by atoms with E-state index in [1.54, 1.807) is 12.1 Å². The summed E-state index contributed by atoms with van der Waals surface area (Å²) in [5.74, 6) is 0.280. The molecule has 0 saturated carbocycles. The molecule has 0 aliphatic rings. The summed E-state index contributed by atoms with van der Waals surface area (Å²) < 4.78 is 19.1. The minimum atomic E-state index is -0.280. The molecule has 0 heterocycles. The number of rotatable bonds is 6. The summed E-state index contributed by atoms with van der Waals surface area (Å²) in [6.45, 7) is 0.842. The monoisotopic (exact) mass is 259 g/mol. The predicted octanol–water partition coefficient (Wildman–Crippen LogP) is 3.56. The molecule has 0 unspecified atom stereocenters. The third-order valence-corrected chi connectivity index (χ3v) is 2.90. The van der Waals surface area contributed by atoms with E-state index in [1.165, 1.54) is 12.1 Å². The van der Waals surface area contributed by atoms with E-state index in [0.717, 1.165) is 18.5 Å². The summed E-state index contributed by atoms with van der Waals surface area (Å²) in [6.07, 6.45) is 0.757. The molecule has 100 valence electrons. The van der Waals surface area contributed by atoms with Crippen molar-refractivity contribution in [3.8, 4) is 5.75 Å². The van der Waals surface area contributed by atoms with Gasteiger partial charge in [-0.25, -0.2) is 4.39 Å². The summed E-state index contributed by atoms with van der Waals surface area (Å²) in [5, 5.41) is 3.11. The van der Waals surface area contributed by atoms with Gasteiger partial charge in [0.05, 0.1) is 0 Å². The van der Waals surface area contributed by atoms with Crippen LogP contribution >= 0.6 is 0 Å². The van der Waals surface area contributed by atoms with Crippen LogP contribution in [0.3, 0.4) is 0 Å². The van der Waals surface area contributed by atoms with Gasteiger partial charge in [-0.1, -0.05) is 36.4 Å². The van der Waals surface area contributed by atoms with Crippen LogP contribution in [-0.2, 0) is 0 Å². The zero-order chi connectivity index (χ0) is 13.5.